The Balaban J connectivity index is 2.05. The van der Waals surface area contributed by atoms with Crippen LogP contribution >= 0.6 is 27.3 Å². The van der Waals surface area contributed by atoms with Gasteiger partial charge in [-0.25, -0.2) is 0 Å². The topological polar surface area (TPSA) is 46.3 Å². The monoisotopic (exact) mass is 316 g/mol. The average molecular weight is 317 g/mol. The fourth-order valence-electron chi connectivity index (χ4n) is 2.35. The van der Waals surface area contributed by atoms with Crippen LogP contribution in [0, 0.1) is 0 Å². The van der Waals surface area contributed by atoms with Gasteiger partial charge in [0.05, 0.1) is 15.7 Å². The quantitative estimate of drug-likeness (QED) is 0.930. The van der Waals surface area contributed by atoms with E-state index in [-0.39, 0.29) is 11.4 Å². The van der Waals surface area contributed by atoms with Crippen molar-refractivity contribution in [2.24, 2.45) is 5.73 Å². The molecule has 1 amide bonds. The molecule has 0 bridgehead atoms. The third kappa shape index (κ3) is 2.72. The number of thiophene rings is 1. The Hall–Kier alpha value is -0.390. The number of rotatable bonds is 3. The molecule has 0 spiro atoms. The van der Waals surface area contributed by atoms with E-state index >= 15 is 0 Å². The summed E-state index contributed by atoms with van der Waals surface area (Å²) in [5.41, 5.74) is 5.66. The van der Waals surface area contributed by atoms with Gasteiger partial charge >= 0.3 is 0 Å². The molecular formula is C12H17BrN2OS. The second-order valence-electron chi connectivity index (χ2n) is 4.73. The molecule has 1 saturated heterocycles. The van der Waals surface area contributed by atoms with Gasteiger partial charge in [-0.3, -0.25) is 4.79 Å². The van der Waals surface area contributed by atoms with Crippen LogP contribution in [-0.2, 0) is 11.2 Å². The Morgan fingerprint density at radius 2 is 2.41 bits per heavy atom. The van der Waals surface area contributed by atoms with Gasteiger partial charge in [-0.15, -0.1) is 11.3 Å². The standard InChI is InChI=1S/C12H17BrN2OS/c1-12(8-14)5-2-6-15(12)11(16)7-9-3-4-10(13)17-9/h3-4H,2,5-8,14H2,1H3. The molecule has 17 heavy (non-hydrogen) atoms. The van der Waals surface area contributed by atoms with Crippen molar-refractivity contribution in [2.75, 3.05) is 13.1 Å². The van der Waals surface area contributed by atoms with Crippen LogP contribution in [0.15, 0.2) is 15.9 Å². The van der Waals surface area contributed by atoms with E-state index < -0.39 is 0 Å². The van der Waals surface area contributed by atoms with Gasteiger partial charge in [0.2, 0.25) is 5.91 Å². The van der Waals surface area contributed by atoms with Crippen molar-refractivity contribution in [3.05, 3.63) is 20.8 Å². The number of nitrogens with two attached hydrogens (primary N) is 1. The van der Waals surface area contributed by atoms with Crippen LogP contribution in [0.1, 0.15) is 24.6 Å². The molecule has 1 aliphatic rings. The first kappa shape index (κ1) is 13.1. The minimum Gasteiger partial charge on any atom is -0.336 e. The maximum atomic E-state index is 12.3. The third-order valence-electron chi connectivity index (χ3n) is 3.44. The number of carbonyl (C=O) groups excluding carboxylic acids is 1. The second kappa shape index (κ2) is 5.08. The first-order valence-corrected chi connectivity index (χ1v) is 7.41. The van der Waals surface area contributed by atoms with Crippen molar-refractivity contribution in [3.63, 3.8) is 0 Å². The first-order chi connectivity index (χ1) is 8.05. The Labute approximate surface area is 114 Å². The molecule has 0 radical (unpaired) electrons. The molecule has 2 heterocycles. The predicted octanol–water partition coefficient (Wildman–Crippen LogP) is 2.39. The van der Waals surface area contributed by atoms with Crippen molar-refractivity contribution in [1.82, 2.24) is 4.90 Å². The number of halogens is 1. The van der Waals surface area contributed by atoms with Crippen LogP contribution < -0.4 is 5.73 Å². The fourth-order valence-corrected chi connectivity index (χ4v) is 3.83. The Bertz CT molecular complexity index is 420. The zero-order valence-corrected chi connectivity index (χ0v) is 12.3. The molecule has 0 aliphatic carbocycles. The molecule has 1 fully saturated rings. The highest BCUT2D eigenvalue weighted by atomic mass is 79.9. The van der Waals surface area contributed by atoms with Gasteiger partial charge in [0.1, 0.15) is 0 Å². The molecule has 94 valence electrons. The number of hydrogen-bond acceptors (Lipinski definition) is 3. The smallest absolute Gasteiger partial charge is 0.228 e. The lowest BCUT2D eigenvalue weighted by molar-refractivity contribution is -0.133. The molecule has 0 saturated carbocycles. The largest absolute Gasteiger partial charge is 0.336 e. The van der Waals surface area contributed by atoms with Crippen molar-refractivity contribution in [1.29, 1.82) is 0 Å². The van der Waals surface area contributed by atoms with Gasteiger partial charge in [-0.2, -0.15) is 0 Å². The van der Waals surface area contributed by atoms with E-state index in [2.05, 4.69) is 22.9 Å². The summed E-state index contributed by atoms with van der Waals surface area (Å²) >= 11 is 5.04. The number of amides is 1. The maximum Gasteiger partial charge on any atom is 0.228 e. The van der Waals surface area contributed by atoms with Gasteiger partial charge in [0.25, 0.3) is 0 Å². The van der Waals surface area contributed by atoms with Crippen molar-refractivity contribution >= 4 is 33.2 Å². The van der Waals surface area contributed by atoms with Crippen molar-refractivity contribution in [2.45, 2.75) is 31.7 Å². The summed E-state index contributed by atoms with van der Waals surface area (Å²) in [7, 11) is 0. The van der Waals surface area contributed by atoms with E-state index in [1.165, 1.54) is 0 Å². The molecule has 1 unspecified atom stereocenters. The first-order valence-electron chi connectivity index (χ1n) is 5.80. The van der Waals surface area contributed by atoms with E-state index in [0.717, 1.165) is 28.0 Å². The molecule has 1 aliphatic heterocycles. The van der Waals surface area contributed by atoms with Crippen LogP contribution in [-0.4, -0.2) is 29.4 Å². The molecule has 1 aromatic rings. The summed E-state index contributed by atoms with van der Waals surface area (Å²) in [6.07, 6.45) is 2.57. The normalized spacial score (nSPS) is 24.3. The van der Waals surface area contributed by atoms with Gasteiger partial charge in [0.15, 0.2) is 0 Å². The van der Waals surface area contributed by atoms with Gasteiger partial charge in [0, 0.05) is 18.0 Å². The highest BCUT2D eigenvalue weighted by molar-refractivity contribution is 9.11. The van der Waals surface area contributed by atoms with Crippen LogP contribution in [0.2, 0.25) is 0 Å². The minimum absolute atomic E-state index is 0.133. The van der Waals surface area contributed by atoms with E-state index in [0.29, 0.717) is 13.0 Å². The Morgan fingerprint density at radius 3 is 3.00 bits per heavy atom. The summed E-state index contributed by atoms with van der Waals surface area (Å²) in [4.78, 5) is 15.3. The zero-order chi connectivity index (χ0) is 12.5. The van der Waals surface area contributed by atoms with Crippen LogP contribution in [0.25, 0.3) is 0 Å². The van der Waals surface area contributed by atoms with E-state index in [1.807, 2.05) is 17.0 Å². The second-order valence-corrected chi connectivity index (χ2v) is 7.28. The highest BCUT2D eigenvalue weighted by Gasteiger charge is 2.38. The Kier molecular flexibility index (Phi) is 3.90. The van der Waals surface area contributed by atoms with E-state index in [9.17, 15) is 4.79 Å². The van der Waals surface area contributed by atoms with Gasteiger partial charge in [-0.05, 0) is 47.8 Å². The molecular weight excluding hydrogens is 300 g/mol. The lowest BCUT2D eigenvalue weighted by atomic mass is 9.99. The van der Waals surface area contributed by atoms with Gasteiger partial charge < -0.3 is 10.6 Å². The highest BCUT2D eigenvalue weighted by Crippen LogP contribution is 2.29. The molecule has 2 N–H and O–H groups in total. The van der Waals surface area contributed by atoms with Crippen LogP contribution in [0.3, 0.4) is 0 Å². The summed E-state index contributed by atoms with van der Waals surface area (Å²) in [6.45, 7) is 3.48. The van der Waals surface area contributed by atoms with Crippen LogP contribution in [0.4, 0.5) is 0 Å². The van der Waals surface area contributed by atoms with E-state index in [4.69, 9.17) is 5.73 Å². The summed E-state index contributed by atoms with van der Waals surface area (Å²) in [5, 5.41) is 0. The van der Waals surface area contributed by atoms with Gasteiger partial charge in [-0.1, -0.05) is 0 Å². The molecule has 3 nitrogen and oxygen atoms in total. The van der Waals surface area contributed by atoms with E-state index in [1.54, 1.807) is 11.3 Å². The SMILES string of the molecule is CC1(CN)CCCN1C(=O)Cc1ccc(Br)s1. The summed E-state index contributed by atoms with van der Waals surface area (Å²) in [6, 6.07) is 3.99. The van der Waals surface area contributed by atoms with Crippen molar-refractivity contribution < 1.29 is 4.79 Å². The zero-order valence-electron chi connectivity index (χ0n) is 9.91. The maximum absolute atomic E-state index is 12.3. The van der Waals surface area contributed by atoms with Crippen LogP contribution in [0.5, 0.6) is 0 Å². The number of carbonyl (C=O) groups is 1. The molecule has 5 heteroatoms. The molecule has 2 rings (SSSR count). The molecule has 1 aromatic heterocycles. The van der Waals surface area contributed by atoms with Crippen molar-refractivity contribution in [3.8, 4) is 0 Å². The summed E-state index contributed by atoms with van der Waals surface area (Å²) in [5.74, 6) is 0.199. The number of likely N-dealkylation sites (tertiary alicyclic amines) is 1. The number of hydrogen-bond donors (Lipinski definition) is 1. The predicted molar refractivity (Wildman–Crippen MR) is 74.1 cm³/mol. The minimum atomic E-state index is -0.133. The summed E-state index contributed by atoms with van der Waals surface area (Å²) < 4.78 is 1.07. The lowest BCUT2D eigenvalue weighted by Crippen LogP contribution is -2.50. The Morgan fingerprint density at radius 1 is 1.65 bits per heavy atom. The molecule has 0 aromatic carbocycles. The number of nitrogens with zero attached hydrogens (tertiary/aromatic N) is 1. The lowest BCUT2D eigenvalue weighted by Gasteiger charge is -2.34. The average Bonchev–Trinajstić information content (AvgIpc) is 2.86. The third-order valence-corrected chi connectivity index (χ3v) is 5.07. The fraction of sp³-hybridized carbons (Fsp3) is 0.583. The molecule has 1 atom stereocenters.